The minimum atomic E-state index is -4.76. The van der Waals surface area contributed by atoms with E-state index in [0.717, 1.165) is 35.2 Å². The third kappa shape index (κ3) is 5.06. The van der Waals surface area contributed by atoms with Crippen LogP contribution in [0.2, 0.25) is 0 Å². The topological polar surface area (TPSA) is 164 Å². The molecule has 0 bridgehead atoms. The summed E-state index contributed by atoms with van der Waals surface area (Å²) in [5, 5.41) is 24.8. The van der Waals surface area contributed by atoms with E-state index in [0.29, 0.717) is 0 Å². The van der Waals surface area contributed by atoms with Crippen molar-refractivity contribution in [3.05, 3.63) is 146 Å². The Morgan fingerprint density at radius 3 is 2.06 bits per heavy atom. The summed E-state index contributed by atoms with van der Waals surface area (Å²) >= 11 is 0. The van der Waals surface area contributed by atoms with Crippen molar-refractivity contribution in [3.63, 3.8) is 0 Å². The molecule has 2 N–H and O–H groups in total. The molecular formula is C36H24F3N3O8. The average Bonchev–Trinajstić information content (AvgIpc) is 3.56. The summed E-state index contributed by atoms with van der Waals surface area (Å²) in [5.74, 6) is -7.17. The van der Waals surface area contributed by atoms with Crippen LogP contribution < -0.4 is 5.32 Å². The van der Waals surface area contributed by atoms with E-state index < -0.39 is 76.6 Å². The van der Waals surface area contributed by atoms with Crippen LogP contribution in [0.4, 0.5) is 18.9 Å². The maximum absolute atomic E-state index is 14.2. The van der Waals surface area contributed by atoms with Crippen LogP contribution in [0.15, 0.2) is 91.0 Å². The number of rotatable bonds is 7. The number of amides is 2. The van der Waals surface area contributed by atoms with Gasteiger partial charge < -0.3 is 5.11 Å². The first-order chi connectivity index (χ1) is 23.7. The predicted octanol–water partition coefficient (Wildman–Crippen LogP) is 4.90. The standard InChI is InChI=1S/C36H24F3N3O8/c37-36(38,39)21-5-3-4-20(15-21)29-27-28(35(40-29,34(47)48)16-18-8-11-22(12-9-18)42(49)50)33(46)41(32(27)45)17-19-10-13-25-26(14-19)31(44)24-7-2-1-6-23(24)30(25)43/h1-15,27-29,40H,16-17H2,(H,47,48). The molecule has 0 spiro atoms. The minimum Gasteiger partial charge on any atom is -0.480 e. The molecule has 11 nitrogen and oxygen atoms in total. The number of hydrogen-bond acceptors (Lipinski definition) is 8. The van der Waals surface area contributed by atoms with Crippen molar-refractivity contribution in [1.29, 1.82) is 0 Å². The number of non-ortho nitro benzene ring substituents is 1. The fraction of sp³-hybridized carbons (Fsp3) is 0.194. The molecule has 252 valence electrons. The van der Waals surface area contributed by atoms with Crippen molar-refractivity contribution >= 4 is 35.0 Å². The van der Waals surface area contributed by atoms with Gasteiger partial charge in [-0.3, -0.25) is 44.3 Å². The number of likely N-dealkylation sites (tertiary alicyclic amines) is 1. The van der Waals surface area contributed by atoms with Crippen molar-refractivity contribution in [2.45, 2.75) is 30.7 Å². The third-order valence-electron chi connectivity index (χ3n) is 9.66. The van der Waals surface area contributed by atoms with E-state index in [1.54, 1.807) is 12.1 Å². The molecule has 0 aromatic heterocycles. The van der Waals surface area contributed by atoms with Gasteiger partial charge in [-0.1, -0.05) is 54.6 Å². The summed E-state index contributed by atoms with van der Waals surface area (Å²) in [7, 11) is 0. The van der Waals surface area contributed by atoms with Gasteiger partial charge in [0.15, 0.2) is 11.6 Å². The normalized spacial score (nSPS) is 22.7. The number of aliphatic carboxylic acids is 1. The highest BCUT2D eigenvalue weighted by atomic mass is 19.4. The maximum Gasteiger partial charge on any atom is 0.416 e. The Hall–Kier alpha value is -6.02. The van der Waals surface area contributed by atoms with E-state index in [4.69, 9.17) is 0 Å². The number of ketones is 2. The second kappa shape index (κ2) is 11.6. The summed E-state index contributed by atoms with van der Waals surface area (Å²) in [5.41, 5.74) is -2.44. The molecule has 2 aliphatic heterocycles. The number of carboxylic acids is 1. The SMILES string of the molecule is O=C1c2ccccc2C(=O)c2cc(CN3C(=O)C4C(c5cccc(C(F)(F)F)c5)NC(Cc5ccc([N+](=O)[O-])cc5)(C(=O)O)C4C3=O)ccc21. The van der Waals surface area contributed by atoms with Gasteiger partial charge in [-0.25, -0.2) is 0 Å². The summed E-state index contributed by atoms with van der Waals surface area (Å²) in [4.78, 5) is 79.4. The number of carbonyl (C=O) groups is 5. The molecule has 4 aromatic rings. The molecule has 2 fully saturated rings. The number of alkyl halides is 3. The fourth-order valence-electron chi connectivity index (χ4n) is 7.33. The molecule has 14 heteroatoms. The van der Waals surface area contributed by atoms with E-state index in [9.17, 15) is 52.4 Å². The molecule has 2 heterocycles. The number of fused-ring (bicyclic) bond motifs is 3. The zero-order chi connectivity index (χ0) is 35.7. The van der Waals surface area contributed by atoms with E-state index >= 15 is 0 Å². The van der Waals surface area contributed by atoms with Gasteiger partial charge in [0.1, 0.15) is 5.54 Å². The summed E-state index contributed by atoms with van der Waals surface area (Å²) in [6.07, 6.45) is -5.21. The Morgan fingerprint density at radius 2 is 1.44 bits per heavy atom. The number of nitrogens with zero attached hydrogens (tertiary/aromatic N) is 2. The number of carbonyl (C=O) groups excluding carboxylic acids is 4. The van der Waals surface area contributed by atoms with E-state index in [1.807, 2.05) is 0 Å². The molecule has 1 aliphatic carbocycles. The van der Waals surface area contributed by atoms with E-state index in [2.05, 4.69) is 5.32 Å². The molecule has 3 aliphatic rings. The monoisotopic (exact) mass is 683 g/mol. The van der Waals surface area contributed by atoms with Gasteiger partial charge in [0.2, 0.25) is 11.8 Å². The van der Waals surface area contributed by atoms with Gasteiger partial charge in [-0.05, 0) is 41.0 Å². The van der Waals surface area contributed by atoms with Gasteiger partial charge in [0.25, 0.3) is 5.69 Å². The Morgan fingerprint density at radius 1 is 0.820 bits per heavy atom. The number of hydrogen-bond donors (Lipinski definition) is 2. The van der Waals surface area contributed by atoms with Crippen LogP contribution in [-0.2, 0) is 33.5 Å². The Kier molecular flexibility index (Phi) is 7.51. The van der Waals surface area contributed by atoms with Crippen LogP contribution in [-0.4, -0.2) is 49.8 Å². The van der Waals surface area contributed by atoms with Crippen molar-refractivity contribution in [3.8, 4) is 0 Å². The number of carboxylic acid groups (broad SMARTS) is 1. The first-order valence-corrected chi connectivity index (χ1v) is 15.3. The smallest absolute Gasteiger partial charge is 0.416 e. The van der Waals surface area contributed by atoms with Gasteiger partial charge in [0.05, 0.1) is 28.9 Å². The number of nitro benzene ring substituents is 1. The van der Waals surface area contributed by atoms with Crippen molar-refractivity contribution in [2.75, 3.05) is 0 Å². The molecule has 50 heavy (non-hydrogen) atoms. The maximum atomic E-state index is 14.2. The van der Waals surface area contributed by atoms with E-state index in [1.165, 1.54) is 48.5 Å². The quantitative estimate of drug-likeness (QED) is 0.138. The van der Waals surface area contributed by atoms with Gasteiger partial charge in [-0.15, -0.1) is 0 Å². The van der Waals surface area contributed by atoms with Crippen LogP contribution in [0.3, 0.4) is 0 Å². The minimum absolute atomic E-state index is 0.0621. The first kappa shape index (κ1) is 32.5. The predicted molar refractivity (Wildman–Crippen MR) is 167 cm³/mol. The highest BCUT2D eigenvalue weighted by molar-refractivity contribution is 6.28. The fourth-order valence-corrected chi connectivity index (χ4v) is 7.33. The Bertz CT molecular complexity index is 2170. The van der Waals surface area contributed by atoms with Crippen LogP contribution >= 0.6 is 0 Å². The Balaban J connectivity index is 1.29. The van der Waals surface area contributed by atoms with Crippen LogP contribution in [0.25, 0.3) is 0 Å². The zero-order valence-corrected chi connectivity index (χ0v) is 25.6. The van der Waals surface area contributed by atoms with Gasteiger partial charge in [-0.2, -0.15) is 13.2 Å². The van der Waals surface area contributed by atoms with Gasteiger partial charge >= 0.3 is 12.1 Å². The number of halogens is 3. The van der Waals surface area contributed by atoms with E-state index in [-0.39, 0.29) is 50.4 Å². The lowest BCUT2D eigenvalue weighted by atomic mass is 9.76. The second-order valence-corrected chi connectivity index (χ2v) is 12.5. The van der Waals surface area contributed by atoms with Crippen LogP contribution in [0.5, 0.6) is 0 Å². The molecule has 4 aromatic carbocycles. The molecule has 0 saturated carbocycles. The number of benzene rings is 4. The molecule has 4 atom stereocenters. The number of nitro groups is 1. The molecule has 2 amide bonds. The lowest BCUT2D eigenvalue weighted by Crippen LogP contribution is -2.57. The second-order valence-electron chi connectivity index (χ2n) is 12.5. The van der Waals surface area contributed by atoms with Crippen LogP contribution in [0, 0.1) is 22.0 Å². The lowest BCUT2D eigenvalue weighted by Gasteiger charge is -2.31. The molecule has 7 rings (SSSR count). The van der Waals surface area contributed by atoms with Crippen LogP contribution in [0.1, 0.15) is 60.1 Å². The lowest BCUT2D eigenvalue weighted by molar-refractivity contribution is -0.384. The van der Waals surface area contributed by atoms with Crippen molar-refractivity contribution in [1.82, 2.24) is 10.2 Å². The molecule has 0 radical (unpaired) electrons. The van der Waals surface area contributed by atoms with Gasteiger partial charge in [0, 0.05) is 46.8 Å². The highest BCUT2D eigenvalue weighted by Crippen LogP contribution is 2.51. The van der Waals surface area contributed by atoms with Crippen molar-refractivity contribution < 1.29 is 47.2 Å². The largest absolute Gasteiger partial charge is 0.480 e. The zero-order valence-electron chi connectivity index (χ0n) is 25.6. The summed E-state index contributed by atoms with van der Waals surface area (Å²) in [6, 6.07) is 18.2. The Labute approximate surface area is 280 Å². The average molecular weight is 684 g/mol. The third-order valence-corrected chi connectivity index (χ3v) is 9.66. The number of imide groups is 1. The summed E-state index contributed by atoms with van der Waals surface area (Å²) in [6.45, 7) is -0.413. The van der Waals surface area contributed by atoms with Crippen molar-refractivity contribution in [2.24, 2.45) is 11.8 Å². The number of nitrogens with one attached hydrogen (secondary N) is 1. The molecular weight excluding hydrogens is 659 g/mol. The summed E-state index contributed by atoms with van der Waals surface area (Å²) < 4.78 is 41.2. The molecule has 2 saturated heterocycles. The first-order valence-electron chi connectivity index (χ1n) is 15.3. The highest BCUT2D eigenvalue weighted by Gasteiger charge is 2.68. The molecule has 4 unspecified atom stereocenters.